The first-order chi connectivity index (χ1) is 15.3. The lowest BCUT2D eigenvalue weighted by molar-refractivity contribution is 0.104. The molecule has 0 radical (unpaired) electrons. The fourth-order valence-corrected chi connectivity index (χ4v) is 3.87. The van der Waals surface area contributed by atoms with Gasteiger partial charge in [-0.2, -0.15) is 0 Å². The Bertz CT molecular complexity index is 1060. The normalized spacial score (nSPS) is 12.0. The Balaban J connectivity index is 1.69. The van der Waals surface area contributed by atoms with Gasteiger partial charge in [0.05, 0.1) is 0 Å². The molecule has 1 unspecified atom stereocenters. The minimum atomic E-state index is -0.204. The lowest BCUT2D eigenvalue weighted by Crippen LogP contribution is -2.30. The van der Waals surface area contributed by atoms with Crippen molar-refractivity contribution in [3.63, 3.8) is 0 Å². The number of aromatic nitrogens is 1. The molecule has 0 aliphatic carbocycles. The van der Waals surface area contributed by atoms with Crippen molar-refractivity contribution in [3.8, 4) is 11.5 Å². The van der Waals surface area contributed by atoms with E-state index in [-0.39, 0.29) is 17.4 Å². The summed E-state index contributed by atoms with van der Waals surface area (Å²) < 4.78 is 5.81. The van der Waals surface area contributed by atoms with E-state index in [1.54, 1.807) is 18.2 Å². The molecule has 0 fully saturated rings. The van der Waals surface area contributed by atoms with E-state index in [4.69, 9.17) is 10.5 Å². The summed E-state index contributed by atoms with van der Waals surface area (Å²) in [4.78, 5) is 19.8. The molecule has 0 aliphatic heterocycles. The van der Waals surface area contributed by atoms with Crippen LogP contribution in [0.15, 0.2) is 42.5 Å². The minimum Gasteiger partial charge on any atom is -0.508 e. The van der Waals surface area contributed by atoms with Crippen molar-refractivity contribution >= 4 is 33.8 Å². The van der Waals surface area contributed by atoms with Crippen LogP contribution in [-0.2, 0) is 6.42 Å². The molecular formula is C24H30N4O3S. The van der Waals surface area contributed by atoms with Crippen molar-refractivity contribution in [3.05, 3.63) is 58.5 Å². The van der Waals surface area contributed by atoms with E-state index in [1.165, 1.54) is 11.3 Å². The summed E-state index contributed by atoms with van der Waals surface area (Å²) in [5.41, 5.74) is 8.10. The zero-order valence-electron chi connectivity index (χ0n) is 18.9. The van der Waals surface area contributed by atoms with Gasteiger partial charge in [0.15, 0.2) is 5.13 Å². The lowest BCUT2D eigenvalue weighted by Gasteiger charge is -2.20. The Morgan fingerprint density at radius 3 is 2.62 bits per heavy atom. The van der Waals surface area contributed by atoms with E-state index in [0.717, 1.165) is 23.4 Å². The third-order valence-corrected chi connectivity index (χ3v) is 6.18. The van der Waals surface area contributed by atoms with E-state index < -0.39 is 0 Å². The van der Waals surface area contributed by atoms with Gasteiger partial charge in [-0.05, 0) is 75.5 Å². The van der Waals surface area contributed by atoms with Gasteiger partial charge in [0.1, 0.15) is 28.8 Å². The number of carbonyl (C=O) groups is 1. The molecule has 0 aliphatic rings. The first-order valence-electron chi connectivity index (χ1n) is 10.6. The van der Waals surface area contributed by atoms with Crippen LogP contribution in [-0.4, -0.2) is 47.5 Å². The number of likely N-dealkylation sites (N-methyl/N-ethyl adjacent to an activating group) is 1. The number of nitrogens with one attached hydrogen (secondary N) is 1. The molecule has 32 heavy (non-hydrogen) atoms. The first-order valence-corrected chi connectivity index (χ1v) is 11.4. The quantitative estimate of drug-likeness (QED) is 0.382. The molecule has 0 bridgehead atoms. The predicted octanol–water partition coefficient (Wildman–Crippen LogP) is 4.69. The third kappa shape index (κ3) is 5.77. The first kappa shape index (κ1) is 23.6. The second-order valence-corrected chi connectivity index (χ2v) is 8.93. The van der Waals surface area contributed by atoms with Crippen LogP contribution in [0.5, 0.6) is 11.5 Å². The number of hydrogen-bond acceptors (Lipinski definition) is 8. The number of carbonyl (C=O) groups excluding carboxylic acids is 1. The number of aromatic hydroxyl groups is 1. The number of aryl methyl sites for hydroxylation is 1. The molecule has 0 saturated heterocycles. The predicted molar refractivity (Wildman–Crippen MR) is 130 cm³/mol. The largest absolute Gasteiger partial charge is 0.508 e. The van der Waals surface area contributed by atoms with Gasteiger partial charge in [-0.15, -0.1) is 0 Å². The smallest absolute Gasteiger partial charge is 0.206 e. The Hall–Kier alpha value is -3.10. The van der Waals surface area contributed by atoms with Crippen LogP contribution >= 0.6 is 11.3 Å². The van der Waals surface area contributed by atoms with Gasteiger partial charge in [0, 0.05) is 17.3 Å². The number of rotatable bonds is 10. The maximum Gasteiger partial charge on any atom is 0.206 e. The van der Waals surface area contributed by atoms with Crippen LogP contribution in [0.1, 0.15) is 41.1 Å². The van der Waals surface area contributed by atoms with E-state index in [0.29, 0.717) is 34.6 Å². The topological polar surface area (TPSA) is 101 Å². The van der Waals surface area contributed by atoms with E-state index in [9.17, 15) is 9.90 Å². The monoisotopic (exact) mass is 454 g/mol. The Kier molecular flexibility index (Phi) is 7.71. The van der Waals surface area contributed by atoms with Gasteiger partial charge in [-0.25, -0.2) is 4.98 Å². The molecule has 1 heterocycles. The van der Waals surface area contributed by atoms with Crippen molar-refractivity contribution in [2.45, 2.75) is 32.7 Å². The highest BCUT2D eigenvalue weighted by Crippen LogP contribution is 2.31. The molecule has 4 N–H and O–H groups in total. The number of thiazole rings is 1. The summed E-state index contributed by atoms with van der Waals surface area (Å²) in [6.07, 6.45) is 1.58. The third-order valence-electron chi connectivity index (χ3n) is 5.20. The maximum atomic E-state index is 13.0. The van der Waals surface area contributed by atoms with Crippen molar-refractivity contribution in [1.82, 2.24) is 9.88 Å². The highest BCUT2D eigenvalue weighted by molar-refractivity contribution is 7.18. The standard InChI is InChI=1S/C24H30N4O3S/c1-5-6-16-13-17(7-12-20(16)29)21(30)22-23(25)27-24(32-22)26-18-8-10-19(11-9-18)31-14-15(2)28(3)4/h7-13,15,29H,5-6,14,25H2,1-4H3,(H,26,27). The zero-order chi connectivity index (χ0) is 23.3. The molecule has 1 aromatic heterocycles. The fourth-order valence-electron chi connectivity index (χ4n) is 3.00. The van der Waals surface area contributed by atoms with Gasteiger partial charge in [-0.3, -0.25) is 4.79 Å². The van der Waals surface area contributed by atoms with Crippen LogP contribution in [0.2, 0.25) is 0 Å². The molecule has 0 spiro atoms. The molecule has 2 aromatic carbocycles. The number of nitrogens with two attached hydrogens (primary N) is 1. The molecule has 3 aromatic rings. The summed E-state index contributed by atoms with van der Waals surface area (Å²) >= 11 is 1.21. The van der Waals surface area contributed by atoms with E-state index >= 15 is 0 Å². The van der Waals surface area contributed by atoms with Gasteiger partial charge in [0.2, 0.25) is 5.78 Å². The van der Waals surface area contributed by atoms with Crippen molar-refractivity contribution in [1.29, 1.82) is 0 Å². The van der Waals surface area contributed by atoms with Crippen molar-refractivity contribution in [2.24, 2.45) is 0 Å². The minimum absolute atomic E-state index is 0.185. The van der Waals surface area contributed by atoms with Crippen LogP contribution in [0.3, 0.4) is 0 Å². The van der Waals surface area contributed by atoms with Crippen LogP contribution in [0, 0.1) is 0 Å². The lowest BCUT2D eigenvalue weighted by atomic mass is 10.0. The van der Waals surface area contributed by atoms with Gasteiger partial charge < -0.3 is 25.8 Å². The Labute approximate surface area is 192 Å². The SMILES string of the molecule is CCCc1cc(C(=O)c2sc(Nc3ccc(OCC(C)N(C)C)cc3)nc2N)ccc1O. The second kappa shape index (κ2) is 10.5. The Morgan fingerprint density at radius 2 is 1.97 bits per heavy atom. The van der Waals surface area contributed by atoms with E-state index in [1.807, 2.05) is 45.3 Å². The van der Waals surface area contributed by atoms with Gasteiger partial charge in [-0.1, -0.05) is 24.7 Å². The molecule has 3 rings (SSSR count). The molecule has 1 atom stereocenters. The number of ether oxygens (including phenoxy) is 1. The number of ketones is 1. The molecule has 0 amide bonds. The molecule has 170 valence electrons. The number of anilines is 3. The highest BCUT2D eigenvalue weighted by atomic mass is 32.1. The number of nitrogen functional groups attached to an aromatic ring is 1. The second-order valence-electron chi connectivity index (χ2n) is 7.93. The van der Waals surface area contributed by atoms with Crippen molar-refractivity contribution in [2.75, 3.05) is 31.8 Å². The van der Waals surface area contributed by atoms with Gasteiger partial charge in [0.25, 0.3) is 0 Å². The van der Waals surface area contributed by atoms with E-state index in [2.05, 4.69) is 22.1 Å². The summed E-state index contributed by atoms with van der Waals surface area (Å²) in [6.45, 7) is 4.73. The van der Waals surface area contributed by atoms with Crippen molar-refractivity contribution < 1.29 is 14.6 Å². The molecule has 0 saturated carbocycles. The summed E-state index contributed by atoms with van der Waals surface area (Å²) in [7, 11) is 4.04. The number of hydrogen-bond donors (Lipinski definition) is 3. The summed E-state index contributed by atoms with van der Waals surface area (Å²) in [5.74, 6) is 0.968. The van der Waals surface area contributed by atoms with Crippen LogP contribution < -0.4 is 15.8 Å². The van der Waals surface area contributed by atoms with Crippen LogP contribution in [0.25, 0.3) is 0 Å². The van der Waals surface area contributed by atoms with Gasteiger partial charge >= 0.3 is 0 Å². The number of nitrogens with zero attached hydrogens (tertiary/aromatic N) is 2. The highest BCUT2D eigenvalue weighted by Gasteiger charge is 2.19. The summed E-state index contributed by atoms with van der Waals surface area (Å²) in [6, 6.07) is 12.8. The average molecular weight is 455 g/mol. The molecular weight excluding hydrogens is 424 g/mol. The maximum absolute atomic E-state index is 13.0. The zero-order valence-corrected chi connectivity index (χ0v) is 19.7. The average Bonchev–Trinajstić information content (AvgIpc) is 3.14. The molecule has 8 heteroatoms. The number of benzene rings is 2. The number of phenols is 1. The fraction of sp³-hybridized carbons (Fsp3) is 0.333. The molecule has 7 nitrogen and oxygen atoms in total. The number of phenolic OH excluding ortho intramolecular Hbond substituents is 1. The van der Waals surface area contributed by atoms with Crippen LogP contribution in [0.4, 0.5) is 16.6 Å². The Morgan fingerprint density at radius 1 is 1.25 bits per heavy atom. The summed E-state index contributed by atoms with van der Waals surface area (Å²) in [5, 5.41) is 13.7.